The molecule has 7 heteroatoms. The van der Waals surface area contributed by atoms with Gasteiger partial charge in [0.25, 0.3) is 5.91 Å². The Balaban J connectivity index is 1.84. The highest BCUT2D eigenvalue weighted by Gasteiger charge is 2.32. The Labute approximate surface area is 166 Å². The number of nitrogens with zero attached hydrogens (tertiary/aromatic N) is 1. The molecule has 1 aliphatic heterocycles. The second-order valence-electron chi connectivity index (χ2n) is 7.45. The summed E-state index contributed by atoms with van der Waals surface area (Å²) in [6, 6.07) is 13.2. The van der Waals surface area contributed by atoms with Crippen molar-refractivity contribution >= 4 is 21.6 Å². The number of nitrogens with one attached hydrogen (secondary N) is 1. The van der Waals surface area contributed by atoms with Crippen LogP contribution < -0.4 is 10.1 Å². The quantitative estimate of drug-likeness (QED) is 0.829. The van der Waals surface area contributed by atoms with Gasteiger partial charge in [-0.25, -0.2) is 8.42 Å². The molecule has 1 fully saturated rings. The maximum Gasteiger partial charge on any atom is 0.255 e. The van der Waals surface area contributed by atoms with Crippen LogP contribution >= 0.6 is 0 Å². The molecule has 2 aromatic rings. The molecule has 3 rings (SSSR count). The van der Waals surface area contributed by atoms with Crippen LogP contribution in [0.4, 0.5) is 5.69 Å². The summed E-state index contributed by atoms with van der Waals surface area (Å²) in [6.07, 6.45) is 1.02. The Kier molecular flexibility index (Phi) is 6.05. The maximum atomic E-state index is 13.1. The van der Waals surface area contributed by atoms with Gasteiger partial charge in [-0.15, -0.1) is 0 Å². The van der Waals surface area contributed by atoms with Crippen LogP contribution in [0.25, 0.3) is 0 Å². The van der Waals surface area contributed by atoms with Crippen LogP contribution in [0.15, 0.2) is 53.4 Å². The van der Waals surface area contributed by atoms with Gasteiger partial charge in [0.05, 0.1) is 17.7 Å². The normalized spacial score (nSPS) is 20.5. The zero-order valence-electron chi connectivity index (χ0n) is 16.4. The lowest BCUT2D eigenvalue weighted by atomic mass is 9.94. The van der Waals surface area contributed by atoms with E-state index in [2.05, 4.69) is 19.2 Å². The van der Waals surface area contributed by atoms with Gasteiger partial charge >= 0.3 is 0 Å². The van der Waals surface area contributed by atoms with Crippen LogP contribution in [0, 0.1) is 11.8 Å². The molecule has 1 aliphatic rings. The van der Waals surface area contributed by atoms with Crippen molar-refractivity contribution in [2.45, 2.75) is 25.2 Å². The van der Waals surface area contributed by atoms with Gasteiger partial charge in [0.2, 0.25) is 10.0 Å². The topological polar surface area (TPSA) is 75.7 Å². The number of rotatable bonds is 5. The van der Waals surface area contributed by atoms with Gasteiger partial charge in [-0.3, -0.25) is 4.79 Å². The number of benzene rings is 2. The summed E-state index contributed by atoms with van der Waals surface area (Å²) in [5.74, 6) is 0.781. The summed E-state index contributed by atoms with van der Waals surface area (Å²) >= 11 is 0. The van der Waals surface area contributed by atoms with E-state index < -0.39 is 10.0 Å². The fourth-order valence-electron chi connectivity index (χ4n) is 3.69. The fourth-order valence-corrected chi connectivity index (χ4v) is 5.42. The van der Waals surface area contributed by atoms with Crippen molar-refractivity contribution in [2.75, 3.05) is 25.5 Å². The Morgan fingerprint density at radius 2 is 1.75 bits per heavy atom. The predicted octanol–water partition coefficient (Wildman–Crippen LogP) is 3.61. The molecular weight excluding hydrogens is 376 g/mol. The monoisotopic (exact) mass is 402 g/mol. The highest BCUT2D eigenvalue weighted by molar-refractivity contribution is 7.89. The number of amides is 1. The Morgan fingerprint density at radius 3 is 2.43 bits per heavy atom. The number of carbonyl (C=O) groups excluding carboxylic acids is 1. The third kappa shape index (κ3) is 4.36. The highest BCUT2D eigenvalue weighted by atomic mass is 32.2. The highest BCUT2D eigenvalue weighted by Crippen LogP contribution is 2.28. The summed E-state index contributed by atoms with van der Waals surface area (Å²) in [6.45, 7) is 5.14. The minimum Gasteiger partial charge on any atom is -0.495 e. The first kappa shape index (κ1) is 20.4. The third-order valence-electron chi connectivity index (χ3n) is 4.92. The lowest BCUT2D eigenvalue weighted by Crippen LogP contribution is -2.42. The van der Waals surface area contributed by atoms with Crippen molar-refractivity contribution in [1.29, 1.82) is 0 Å². The molecule has 2 unspecified atom stereocenters. The van der Waals surface area contributed by atoms with Crippen molar-refractivity contribution in [3.05, 3.63) is 54.1 Å². The van der Waals surface area contributed by atoms with Gasteiger partial charge in [-0.1, -0.05) is 32.0 Å². The fraction of sp³-hybridized carbons (Fsp3) is 0.381. The van der Waals surface area contributed by atoms with E-state index >= 15 is 0 Å². The van der Waals surface area contributed by atoms with Crippen molar-refractivity contribution in [3.8, 4) is 5.75 Å². The average Bonchev–Trinajstić information content (AvgIpc) is 2.67. The average molecular weight is 403 g/mol. The van der Waals surface area contributed by atoms with Crippen LogP contribution in [0.2, 0.25) is 0 Å². The molecule has 1 N–H and O–H groups in total. The van der Waals surface area contributed by atoms with E-state index in [4.69, 9.17) is 4.74 Å². The van der Waals surface area contributed by atoms with Gasteiger partial charge in [0, 0.05) is 18.7 Å². The molecule has 6 nitrogen and oxygen atoms in total. The lowest BCUT2D eigenvalue weighted by molar-refractivity contribution is 0.102. The zero-order chi connectivity index (χ0) is 20.3. The van der Waals surface area contributed by atoms with E-state index in [1.54, 1.807) is 36.4 Å². The zero-order valence-corrected chi connectivity index (χ0v) is 17.2. The molecule has 2 atom stereocenters. The van der Waals surface area contributed by atoms with Crippen LogP contribution in [-0.4, -0.2) is 38.8 Å². The molecule has 2 aromatic carbocycles. The van der Waals surface area contributed by atoms with E-state index in [9.17, 15) is 13.2 Å². The van der Waals surface area contributed by atoms with Gasteiger partial charge in [-0.05, 0) is 48.6 Å². The SMILES string of the molecule is COc1ccccc1NC(=O)c1cccc(S(=O)(=O)N2CC(C)CC(C)C2)c1. The molecular formula is C21H26N2O4S. The number of ether oxygens (including phenoxy) is 1. The van der Waals surface area contributed by atoms with Gasteiger partial charge in [-0.2, -0.15) is 4.31 Å². The number of hydrogen-bond donors (Lipinski definition) is 1. The molecule has 0 radical (unpaired) electrons. The number of anilines is 1. The number of hydrogen-bond acceptors (Lipinski definition) is 4. The van der Waals surface area contributed by atoms with Crippen molar-refractivity contribution < 1.29 is 17.9 Å². The molecule has 0 aromatic heterocycles. The molecule has 0 aliphatic carbocycles. The Bertz CT molecular complexity index is 948. The van der Waals surface area contributed by atoms with Gasteiger partial charge in [0.1, 0.15) is 5.75 Å². The van der Waals surface area contributed by atoms with Crippen LogP contribution in [0.5, 0.6) is 5.75 Å². The molecule has 1 amide bonds. The number of para-hydroxylation sites is 2. The van der Waals surface area contributed by atoms with E-state index in [0.717, 1.165) is 6.42 Å². The van der Waals surface area contributed by atoms with E-state index in [0.29, 0.717) is 36.4 Å². The minimum absolute atomic E-state index is 0.140. The second-order valence-corrected chi connectivity index (χ2v) is 9.39. The van der Waals surface area contributed by atoms with Crippen LogP contribution in [-0.2, 0) is 10.0 Å². The molecule has 0 spiro atoms. The molecule has 1 saturated heterocycles. The Morgan fingerprint density at radius 1 is 1.07 bits per heavy atom. The van der Waals surface area contributed by atoms with Crippen molar-refractivity contribution in [3.63, 3.8) is 0 Å². The van der Waals surface area contributed by atoms with E-state index in [1.807, 2.05) is 6.07 Å². The summed E-state index contributed by atoms with van der Waals surface area (Å²) in [5, 5.41) is 2.78. The second kappa shape index (κ2) is 8.32. The molecule has 0 saturated carbocycles. The standard InChI is InChI=1S/C21H26N2O4S/c1-15-11-16(2)14-23(13-15)28(25,26)18-8-6-7-17(12-18)21(24)22-19-9-4-5-10-20(19)27-3/h4-10,12,15-16H,11,13-14H2,1-3H3,(H,22,24). The first-order valence-corrected chi connectivity index (χ1v) is 10.8. The van der Waals surface area contributed by atoms with Gasteiger partial charge in [0.15, 0.2) is 0 Å². The largest absolute Gasteiger partial charge is 0.495 e. The lowest BCUT2D eigenvalue weighted by Gasteiger charge is -2.34. The number of carbonyl (C=O) groups is 1. The predicted molar refractivity (Wildman–Crippen MR) is 109 cm³/mol. The minimum atomic E-state index is -3.64. The summed E-state index contributed by atoms with van der Waals surface area (Å²) in [4.78, 5) is 12.8. The van der Waals surface area contributed by atoms with E-state index in [1.165, 1.54) is 17.5 Å². The van der Waals surface area contributed by atoms with Crippen LogP contribution in [0.3, 0.4) is 0 Å². The van der Waals surface area contributed by atoms with E-state index in [-0.39, 0.29) is 16.4 Å². The van der Waals surface area contributed by atoms with Crippen molar-refractivity contribution in [2.24, 2.45) is 11.8 Å². The molecule has 28 heavy (non-hydrogen) atoms. The van der Waals surface area contributed by atoms with Crippen LogP contribution in [0.1, 0.15) is 30.6 Å². The first-order valence-electron chi connectivity index (χ1n) is 9.36. The maximum absolute atomic E-state index is 13.1. The summed E-state index contributed by atoms with van der Waals surface area (Å²) in [7, 11) is -2.11. The number of sulfonamides is 1. The van der Waals surface area contributed by atoms with Crippen molar-refractivity contribution in [1.82, 2.24) is 4.31 Å². The molecule has 0 bridgehead atoms. The molecule has 1 heterocycles. The van der Waals surface area contributed by atoms with Gasteiger partial charge < -0.3 is 10.1 Å². The summed E-state index contributed by atoms with van der Waals surface area (Å²) < 4.78 is 32.9. The first-order chi connectivity index (χ1) is 13.3. The Hall–Kier alpha value is -2.38. The third-order valence-corrected chi connectivity index (χ3v) is 6.75. The molecule has 150 valence electrons. The smallest absolute Gasteiger partial charge is 0.255 e. The number of methoxy groups -OCH3 is 1. The number of piperidine rings is 1. The summed E-state index contributed by atoms with van der Waals surface area (Å²) in [5.41, 5.74) is 0.812.